The number of amides is 1. The van der Waals surface area contributed by atoms with Gasteiger partial charge in [0.1, 0.15) is 0 Å². The highest BCUT2D eigenvalue weighted by Crippen LogP contribution is 2.16. The number of ether oxygens (including phenoxy) is 1. The van der Waals surface area contributed by atoms with Gasteiger partial charge in [-0.25, -0.2) is 9.37 Å². The van der Waals surface area contributed by atoms with Crippen LogP contribution >= 0.6 is 0 Å². The molecule has 2 aromatic rings. The van der Waals surface area contributed by atoms with Crippen molar-refractivity contribution < 1.29 is 13.9 Å². The van der Waals surface area contributed by atoms with Crippen molar-refractivity contribution in [1.82, 2.24) is 14.8 Å². The van der Waals surface area contributed by atoms with Gasteiger partial charge in [0.25, 0.3) is 5.91 Å². The van der Waals surface area contributed by atoms with Gasteiger partial charge in [-0.1, -0.05) is 0 Å². The summed E-state index contributed by atoms with van der Waals surface area (Å²) in [5.74, 6) is -1.22. The molecule has 8 heteroatoms. The van der Waals surface area contributed by atoms with Crippen LogP contribution in [0.4, 0.5) is 15.9 Å². The fourth-order valence-corrected chi connectivity index (χ4v) is 1.73. The van der Waals surface area contributed by atoms with Crippen molar-refractivity contribution in [1.29, 1.82) is 0 Å². The van der Waals surface area contributed by atoms with Crippen LogP contribution in [0.5, 0.6) is 0 Å². The molecule has 2 rings (SSSR count). The monoisotopic (exact) mass is 293 g/mol. The lowest BCUT2D eigenvalue weighted by atomic mass is 10.2. The topological polar surface area (TPSA) is 81.1 Å². The highest BCUT2D eigenvalue weighted by Gasteiger charge is 2.16. The van der Waals surface area contributed by atoms with E-state index in [1.807, 2.05) is 0 Å². The van der Waals surface area contributed by atoms with E-state index in [4.69, 9.17) is 4.74 Å². The molecule has 0 fully saturated rings. The highest BCUT2D eigenvalue weighted by atomic mass is 19.1. The molecule has 1 amide bonds. The SMILES string of the molecule is CNc1nccc(C(=O)Nc2cnn(CCOC)c2)c1F. The molecule has 0 atom stereocenters. The molecule has 0 saturated carbocycles. The number of aromatic nitrogens is 3. The first-order chi connectivity index (χ1) is 10.2. The molecule has 0 aliphatic carbocycles. The third-order valence-corrected chi connectivity index (χ3v) is 2.79. The zero-order valence-corrected chi connectivity index (χ0v) is 11.8. The summed E-state index contributed by atoms with van der Waals surface area (Å²) in [5, 5.41) is 9.23. The summed E-state index contributed by atoms with van der Waals surface area (Å²) in [6.07, 6.45) is 4.51. The molecule has 0 saturated heterocycles. The molecule has 112 valence electrons. The molecule has 0 spiro atoms. The minimum Gasteiger partial charge on any atom is -0.383 e. The molecule has 0 aliphatic rings. The molecule has 2 N–H and O–H groups in total. The van der Waals surface area contributed by atoms with Crippen LogP contribution in [0.2, 0.25) is 0 Å². The van der Waals surface area contributed by atoms with E-state index in [0.717, 1.165) is 0 Å². The largest absolute Gasteiger partial charge is 0.383 e. The van der Waals surface area contributed by atoms with Crippen LogP contribution in [0.3, 0.4) is 0 Å². The van der Waals surface area contributed by atoms with E-state index in [0.29, 0.717) is 18.8 Å². The Balaban J connectivity index is 2.09. The van der Waals surface area contributed by atoms with Crippen LogP contribution in [-0.4, -0.2) is 41.4 Å². The fourth-order valence-electron chi connectivity index (χ4n) is 1.73. The summed E-state index contributed by atoms with van der Waals surface area (Å²) in [7, 11) is 3.13. The van der Waals surface area contributed by atoms with Gasteiger partial charge < -0.3 is 15.4 Å². The maximum Gasteiger partial charge on any atom is 0.258 e. The molecule has 7 nitrogen and oxygen atoms in total. The van der Waals surface area contributed by atoms with Gasteiger partial charge in [-0.2, -0.15) is 5.10 Å². The molecule has 0 aromatic carbocycles. The van der Waals surface area contributed by atoms with E-state index in [-0.39, 0.29) is 11.4 Å². The predicted octanol–water partition coefficient (Wildman–Crippen LogP) is 1.36. The maximum atomic E-state index is 14.0. The molecule has 0 aliphatic heterocycles. The van der Waals surface area contributed by atoms with Crippen LogP contribution in [0.15, 0.2) is 24.7 Å². The smallest absolute Gasteiger partial charge is 0.258 e. The van der Waals surface area contributed by atoms with Crippen LogP contribution < -0.4 is 10.6 Å². The van der Waals surface area contributed by atoms with Crippen molar-refractivity contribution >= 4 is 17.4 Å². The number of nitrogens with zero attached hydrogens (tertiary/aromatic N) is 3. The third kappa shape index (κ3) is 3.54. The average Bonchev–Trinajstić information content (AvgIpc) is 2.92. The molecule has 2 heterocycles. The Morgan fingerprint density at radius 1 is 1.52 bits per heavy atom. The molecule has 0 unspecified atom stereocenters. The summed E-state index contributed by atoms with van der Waals surface area (Å²) in [6.45, 7) is 1.08. The second-order valence-corrected chi connectivity index (χ2v) is 4.21. The Morgan fingerprint density at radius 2 is 2.33 bits per heavy atom. The first kappa shape index (κ1) is 14.9. The number of carbonyl (C=O) groups excluding carboxylic acids is 1. The number of hydrogen-bond donors (Lipinski definition) is 2. The minimum atomic E-state index is -0.690. The van der Waals surface area contributed by atoms with Crippen molar-refractivity contribution in [3.63, 3.8) is 0 Å². The number of anilines is 2. The van der Waals surface area contributed by atoms with Crippen molar-refractivity contribution in [2.75, 3.05) is 31.4 Å². The Hall–Kier alpha value is -2.48. The summed E-state index contributed by atoms with van der Waals surface area (Å²) in [6, 6.07) is 1.32. The van der Waals surface area contributed by atoms with Gasteiger partial charge in [0, 0.05) is 26.6 Å². The highest BCUT2D eigenvalue weighted by molar-refractivity contribution is 6.04. The number of carbonyl (C=O) groups is 1. The molecule has 0 radical (unpaired) electrons. The van der Waals surface area contributed by atoms with E-state index in [1.165, 1.54) is 25.5 Å². The lowest BCUT2D eigenvalue weighted by molar-refractivity contribution is 0.102. The van der Waals surface area contributed by atoms with Crippen LogP contribution in [0.25, 0.3) is 0 Å². The first-order valence-corrected chi connectivity index (χ1v) is 6.30. The van der Waals surface area contributed by atoms with Gasteiger partial charge >= 0.3 is 0 Å². The molecular formula is C13H16FN5O2. The zero-order chi connectivity index (χ0) is 15.2. The summed E-state index contributed by atoms with van der Waals surface area (Å²) in [5.41, 5.74) is 0.400. The normalized spacial score (nSPS) is 10.4. The van der Waals surface area contributed by atoms with E-state index in [2.05, 4.69) is 20.7 Å². The number of halogens is 1. The van der Waals surface area contributed by atoms with Gasteiger partial charge in [-0.3, -0.25) is 9.48 Å². The van der Waals surface area contributed by atoms with Gasteiger partial charge in [-0.05, 0) is 6.07 Å². The van der Waals surface area contributed by atoms with Crippen molar-refractivity contribution in [3.8, 4) is 0 Å². The molecular weight excluding hydrogens is 277 g/mol. The van der Waals surface area contributed by atoms with Crippen molar-refractivity contribution in [2.24, 2.45) is 0 Å². The zero-order valence-electron chi connectivity index (χ0n) is 11.8. The van der Waals surface area contributed by atoms with Gasteiger partial charge in [0.05, 0.1) is 30.6 Å². The molecule has 21 heavy (non-hydrogen) atoms. The average molecular weight is 293 g/mol. The van der Waals surface area contributed by atoms with Crippen molar-refractivity contribution in [3.05, 3.63) is 36.0 Å². The fraction of sp³-hybridized carbons (Fsp3) is 0.308. The lowest BCUT2D eigenvalue weighted by Crippen LogP contribution is -2.15. The number of rotatable bonds is 6. The van der Waals surface area contributed by atoms with Crippen LogP contribution in [-0.2, 0) is 11.3 Å². The van der Waals surface area contributed by atoms with E-state index in [1.54, 1.807) is 18.0 Å². The number of hydrogen-bond acceptors (Lipinski definition) is 5. The Labute approximate surface area is 121 Å². The van der Waals surface area contributed by atoms with Gasteiger partial charge in [-0.15, -0.1) is 0 Å². The quantitative estimate of drug-likeness (QED) is 0.840. The maximum absolute atomic E-state index is 14.0. The Kier molecular flexibility index (Phi) is 4.83. The predicted molar refractivity (Wildman–Crippen MR) is 75.8 cm³/mol. The summed E-state index contributed by atoms with van der Waals surface area (Å²) >= 11 is 0. The second-order valence-electron chi connectivity index (χ2n) is 4.21. The van der Waals surface area contributed by atoms with E-state index in [9.17, 15) is 9.18 Å². The molecule has 0 bridgehead atoms. The van der Waals surface area contributed by atoms with Crippen LogP contribution in [0, 0.1) is 5.82 Å². The lowest BCUT2D eigenvalue weighted by Gasteiger charge is -2.06. The van der Waals surface area contributed by atoms with Crippen molar-refractivity contribution in [2.45, 2.75) is 6.54 Å². The number of nitrogens with one attached hydrogen (secondary N) is 2. The number of methoxy groups -OCH3 is 1. The van der Waals surface area contributed by atoms with E-state index >= 15 is 0 Å². The van der Waals surface area contributed by atoms with Crippen LogP contribution in [0.1, 0.15) is 10.4 Å². The first-order valence-electron chi connectivity index (χ1n) is 6.30. The van der Waals surface area contributed by atoms with Gasteiger partial charge in [0.15, 0.2) is 11.6 Å². The second kappa shape index (κ2) is 6.80. The molecule has 2 aromatic heterocycles. The Bertz CT molecular complexity index is 629. The number of pyridine rings is 1. The van der Waals surface area contributed by atoms with E-state index < -0.39 is 11.7 Å². The Morgan fingerprint density at radius 3 is 3.05 bits per heavy atom. The summed E-state index contributed by atoms with van der Waals surface area (Å²) < 4.78 is 20.5. The minimum absolute atomic E-state index is 0.0263. The summed E-state index contributed by atoms with van der Waals surface area (Å²) in [4.78, 5) is 15.8. The van der Waals surface area contributed by atoms with Gasteiger partial charge in [0.2, 0.25) is 0 Å². The third-order valence-electron chi connectivity index (χ3n) is 2.79. The standard InChI is InChI=1S/C13H16FN5O2/c1-15-12-11(14)10(3-4-16-12)13(20)18-9-7-17-19(8-9)5-6-21-2/h3-4,7-8H,5-6H2,1-2H3,(H,15,16)(H,18,20).